The van der Waals surface area contributed by atoms with Gasteiger partial charge in [-0.25, -0.2) is 18.6 Å². The number of nitrogens with one attached hydrogen (secondary N) is 1. The van der Waals surface area contributed by atoms with Crippen molar-refractivity contribution in [3.8, 4) is 11.1 Å². The Hall–Kier alpha value is -2.01. The number of thiazole rings is 1. The van der Waals surface area contributed by atoms with E-state index in [0.717, 1.165) is 0 Å². The Morgan fingerprint density at radius 1 is 1.39 bits per heavy atom. The van der Waals surface area contributed by atoms with E-state index in [1.807, 2.05) is 5.38 Å². The third-order valence-corrected chi connectivity index (χ3v) is 5.85. The van der Waals surface area contributed by atoms with Gasteiger partial charge >= 0.3 is 6.09 Å². The Morgan fingerprint density at radius 2 is 2.11 bits per heavy atom. The van der Waals surface area contributed by atoms with Crippen LogP contribution in [-0.4, -0.2) is 21.1 Å². The number of alkyl carbamates (subject to hydrolysis) is 1. The zero-order valence-electron chi connectivity index (χ0n) is 15.7. The summed E-state index contributed by atoms with van der Waals surface area (Å²) in [5.74, 6) is -0.458. The van der Waals surface area contributed by atoms with Crippen molar-refractivity contribution in [1.82, 2.24) is 14.7 Å². The van der Waals surface area contributed by atoms with Crippen LogP contribution in [0.1, 0.15) is 39.4 Å². The average Bonchev–Trinajstić information content (AvgIpc) is 2.94. The number of amides is 1. The molecule has 1 aromatic carbocycles. The van der Waals surface area contributed by atoms with Crippen LogP contribution in [-0.2, 0) is 4.74 Å². The zero-order valence-corrected chi connectivity index (χ0v) is 18.7. The minimum Gasteiger partial charge on any atom is -0.444 e. The second-order valence-corrected chi connectivity index (χ2v) is 9.17. The van der Waals surface area contributed by atoms with Gasteiger partial charge in [-0.1, -0.05) is 12.1 Å². The number of rotatable bonds is 3. The molecular weight excluding hydrogens is 496 g/mol. The SMILES string of the molecule is C[C@H](NC(=O)OC(C)(C)C)c1nc2scc(I)n2c(=O)c1-c1cccc(F)c1. The number of carbonyl (C=O) groups is 1. The first kappa shape index (κ1) is 20.7. The predicted molar refractivity (Wildman–Crippen MR) is 115 cm³/mol. The molecule has 3 rings (SSSR count). The molecule has 0 bridgehead atoms. The summed E-state index contributed by atoms with van der Waals surface area (Å²) < 4.78 is 21.3. The van der Waals surface area contributed by atoms with Crippen LogP contribution in [0.15, 0.2) is 34.4 Å². The topological polar surface area (TPSA) is 72.7 Å². The molecule has 9 heteroatoms. The van der Waals surface area contributed by atoms with Crippen LogP contribution in [0.3, 0.4) is 0 Å². The van der Waals surface area contributed by atoms with Crippen LogP contribution in [0.5, 0.6) is 0 Å². The summed E-state index contributed by atoms with van der Waals surface area (Å²) in [6.45, 7) is 7.00. The van der Waals surface area contributed by atoms with Crippen molar-refractivity contribution in [2.45, 2.75) is 39.3 Å². The van der Waals surface area contributed by atoms with Gasteiger partial charge in [0.05, 0.1) is 21.0 Å². The molecule has 2 aromatic heterocycles. The highest BCUT2D eigenvalue weighted by Gasteiger charge is 2.24. The van der Waals surface area contributed by atoms with E-state index in [4.69, 9.17) is 4.74 Å². The van der Waals surface area contributed by atoms with Crippen LogP contribution >= 0.6 is 33.9 Å². The molecule has 3 aromatic rings. The molecule has 0 aliphatic heterocycles. The first-order valence-electron chi connectivity index (χ1n) is 8.52. The largest absolute Gasteiger partial charge is 0.444 e. The van der Waals surface area contributed by atoms with E-state index in [1.54, 1.807) is 33.8 Å². The molecule has 0 spiro atoms. The molecular formula is C19H19FIN3O3S. The number of nitrogens with zero attached hydrogens (tertiary/aromatic N) is 2. The van der Waals surface area contributed by atoms with Gasteiger partial charge in [-0.15, -0.1) is 11.3 Å². The highest BCUT2D eigenvalue weighted by molar-refractivity contribution is 14.1. The maximum atomic E-state index is 13.8. The lowest BCUT2D eigenvalue weighted by molar-refractivity contribution is 0.0507. The van der Waals surface area contributed by atoms with Gasteiger partial charge in [-0.2, -0.15) is 0 Å². The summed E-state index contributed by atoms with van der Waals surface area (Å²) in [7, 11) is 0. The molecule has 0 saturated carbocycles. The van der Waals surface area contributed by atoms with Crippen LogP contribution in [0.25, 0.3) is 16.1 Å². The first-order valence-corrected chi connectivity index (χ1v) is 10.5. The van der Waals surface area contributed by atoms with Crippen LogP contribution < -0.4 is 10.9 Å². The number of carbonyl (C=O) groups excluding carboxylic acids is 1. The average molecular weight is 515 g/mol. The maximum Gasteiger partial charge on any atom is 0.408 e. The van der Waals surface area contributed by atoms with E-state index in [2.05, 4.69) is 32.9 Å². The van der Waals surface area contributed by atoms with Gasteiger partial charge in [0, 0.05) is 5.38 Å². The number of hydrogen-bond donors (Lipinski definition) is 1. The van der Waals surface area contributed by atoms with Crippen LogP contribution in [0, 0.1) is 9.52 Å². The van der Waals surface area contributed by atoms with Crippen molar-refractivity contribution in [2.24, 2.45) is 0 Å². The fourth-order valence-corrected chi connectivity index (χ4v) is 4.46. The number of fused-ring (bicyclic) bond motifs is 1. The van der Waals surface area contributed by atoms with Gasteiger partial charge in [-0.05, 0) is 68.0 Å². The van der Waals surface area contributed by atoms with Gasteiger partial charge in [0.1, 0.15) is 11.4 Å². The number of benzene rings is 1. The lowest BCUT2D eigenvalue weighted by Gasteiger charge is -2.22. The maximum absolute atomic E-state index is 13.8. The molecule has 6 nitrogen and oxygen atoms in total. The fraction of sp³-hybridized carbons (Fsp3) is 0.316. The smallest absolute Gasteiger partial charge is 0.408 e. The summed E-state index contributed by atoms with van der Waals surface area (Å²) in [6.07, 6.45) is -0.618. The molecule has 1 N–H and O–H groups in total. The highest BCUT2D eigenvalue weighted by atomic mass is 127. The van der Waals surface area contributed by atoms with E-state index in [0.29, 0.717) is 19.9 Å². The molecule has 1 atom stereocenters. The van der Waals surface area contributed by atoms with E-state index >= 15 is 0 Å². The second-order valence-electron chi connectivity index (χ2n) is 7.23. The van der Waals surface area contributed by atoms with Crippen molar-refractivity contribution in [3.05, 3.63) is 55.2 Å². The summed E-state index contributed by atoms with van der Waals surface area (Å²) in [6, 6.07) is 5.16. The van der Waals surface area contributed by atoms with Gasteiger partial charge in [0.15, 0.2) is 4.96 Å². The molecule has 0 saturated heterocycles. The monoisotopic (exact) mass is 515 g/mol. The fourth-order valence-electron chi connectivity index (χ4n) is 2.72. The Labute approximate surface area is 178 Å². The number of hydrogen-bond acceptors (Lipinski definition) is 5. The molecule has 0 unspecified atom stereocenters. The number of aromatic nitrogens is 2. The molecule has 148 valence electrons. The Morgan fingerprint density at radius 3 is 2.75 bits per heavy atom. The Bertz CT molecular complexity index is 1100. The van der Waals surface area contributed by atoms with Crippen molar-refractivity contribution in [2.75, 3.05) is 0 Å². The second kappa shape index (κ2) is 7.78. The van der Waals surface area contributed by atoms with Crippen molar-refractivity contribution in [3.63, 3.8) is 0 Å². The molecule has 28 heavy (non-hydrogen) atoms. The molecule has 0 aliphatic rings. The minimum atomic E-state index is -0.657. The number of halogens is 2. The standard InChI is InChI=1S/C19H19FIN3O3S/c1-10(22-18(26)27-19(2,3)4)15-14(11-6-5-7-12(20)8-11)16(25)24-13(21)9-28-17(24)23-15/h5-10H,1-4H3,(H,22,26)/t10-/m0/s1. The van der Waals surface area contributed by atoms with E-state index in [9.17, 15) is 14.0 Å². The predicted octanol–water partition coefficient (Wildman–Crippen LogP) is 4.75. The molecule has 2 heterocycles. The summed E-state index contributed by atoms with van der Waals surface area (Å²) >= 11 is 3.38. The number of ether oxygens (including phenoxy) is 1. The molecule has 1 amide bonds. The Balaban J connectivity index is 2.14. The Kier molecular flexibility index (Phi) is 5.76. The summed E-state index contributed by atoms with van der Waals surface area (Å²) in [5.41, 5.74) is 0.0445. The first-order chi connectivity index (χ1) is 13.1. The van der Waals surface area contributed by atoms with Gasteiger partial charge in [0.2, 0.25) is 0 Å². The quantitative estimate of drug-likeness (QED) is 0.511. The lowest BCUT2D eigenvalue weighted by atomic mass is 10.0. The summed E-state index contributed by atoms with van der Waals surface area (Å²) in [4.78, 5) is 30.5. The van der Waals surface area contributed by atoms with Crippen molar-refractivity contribution >= 4 is 45.0 Å². The van der Waals surface area contributed by atoms with Crippen molar-refractivity contribution < 1.29 is 13.9 Å². The summed E-state index contributed by atoms with van der Waals surface area (Å²) in [5, 5.41) is 4.53. The molecule has 0 fully saturated rings. The zero-order chi connectivity index (χ0) is 20.6. The lowest BCUT2D eigenvalue weighted by Crippen LogP contribution is -2.35. The minimum absolute atomic E-state index is 0.247. The highest BCUT2D eigenvalue weighted by Crippen LogP contribution is 2.27. The normalized spacial score (nSPS) is 12.8. The van der Waals surface area contributed by atoms with Gasteiger partial charge < -0.3 is 10.1 Å². The molecule has 0 aliphatic carbocycles. The van der Waals surface area contributed by atoms with Crippen molar-refractivity contribution in [1.29, 1.82) is 0 Å². The van der Waals surface area contributed by atoms with Gasteiger partial charge in [0.25, 0.3) is 5.56 Å². The van der Waals surface area contributed by atoms with E-state index in [-0.39, 0.29) is 11.1 Å². The third kappa shape index (κ3) is 4.35. The molecule has 0 radical (unpaired) electrons. The third-order valence-electron chi connectivity index (χ3n) is 3.81. The van der Waals surface area contributed by atoms with Crippen LogP contribution in [0.4, 0.5) is 9.18 Å². The van der Waals surface area contributed by atoms with E-state index < -0.39 is 23.6 Å². The van der Waals surface area contributed by atoms with Crippen LogP contribution in [0.2, 0.25) is 0 Å². The van der Waals surface area contributed by atoms with Gasteiger partial charge in [-0.3, -0.25) is 4.79 Å². The van der Waals surface area contributed by atoms with E-state index in [1.165, 1.54) is 33.9 Å².